The molecule has 3 aromatic carbocycles. The molecule has 0 bridgehead atoms. The van der Waals surface area contributed by atoms with Crippen molar-refractivity contribution in [1.29, 1.82) is 0 Å². The molecule has 0 unspecified atom stereocenters. The first kappa shape index (κ1) is 18.1. The Kier molecular flexibility index (Phi) is 4.77. The van der Waals surface area contributed by atoms with Gasteiger partial charge in [0.15, 0.2) is 0 Å². The molecule has 0 aliphatic rings. The molecular weight excluding hydrogens is 405 g/mol. The summed E-state index contributed by atoms with van der Waals surface area (Å²) in [6.45, 7) is 1.69. The molecule has 2 N–H and O–H groups in total. The van der Waals surface area contributed by atoms with Gasteiger partial charge < -0.3 is 5.11 Å². The molecule has 0 heterocycles. The zero-order chi connectivity index (χ0) is 18.4. The van der Waals surface area contributed by atoms with Crippen molar-refractivity contribution in [3.8, 4) is 5.75 Å². The molecule has 130 valence electrons. The second-order valence-electron chi connectivity index (χ2n) is 5.44. The zero-order valence-corrected chi connectivity index (χ0v) is 15.9. The van der Waals surface area contributed by atoms with Crippen molar-refractivity contribution in [3.05, 3.63) is 63.1 Å². The van der Waals surface area contributed by atoms with Crippen molar-refractivity contribution in [2.75, 3.05) is 4.72 Å². The van der Waals surface area contributed by atoms with Gasteiger partial charge in [-0.1, -0.05) is 59.1 Å². The van der Waals surface area contributed by atoms with E-state index in [1.54, 1.807) is 31.2 Å². The number of phenolic OH excluding ortho intramolecular Hbond substituents is 1. The molecule has 25 heavy (non-hydrogen) atoms. The van der Waals surface area contributed by atoms with Crippen LogP contribution in [-0.2, 0) is 10.0 Å². The van der Waals surface area contributed by atoms with E-state index in [1.807, 2.05) is 0 Å². The minimum absolute atomic E-state index is 0.0114. The minimum atomic E-state index is -3.99. The van der Waals surface area contributed by atoms with Gasteiger partial charge in [-0.25, -0.2) is 8.42 Å². The summed E-state index contributed by atoms with van der Waals surface area (Å²) in [6.07, 6.45) is 0. The van der Waals surface area contributed by atoms with Crippen molar-refractivity contribution in [2.45, 2.75) is 11.8 Å². The summed E-state index contributed by atoms with van der Waals surface area (Å²) in [5, 5.41) is 11.4. The normalized spacial score (nSPS) is 11.7. The molecule has 0 amide bonds. The fraction of sp³-hybridized carbons (Fsp3) is 0.0588. The van der Waals surface area contributed by atoms with Crippen molar-refractivity contribution < 1.29 is 13.5 Å². The number of fused-ring (bicyclic) bond motifs is 1. The van der Waals surface area contributed by atoms with E-state index in [9.17, 15) is 13.5 Å². The third-order valence-corrected chi connectivity index (χ3v) is 6.24. The van der Waals surface area contributed by atoms with E-state index in [4.69, 9.17) is 34.8 Å². The smallest absolute Gasteiger partial charge is 0.263 e. The van der Waals surface area contributed by atoms with Gasteiger partial charge in [0, 0.05) is 15.8 Å². The third kappa shape index (κ3) is 3.37. The van der Waals surface area contributed by atoms with Crippen LogP contribution in [0, 0.1) is 6.92 Å². The summed E-state index contributed by atoms with van der Waals surface area (Å²) in [7, 11) is -3.99. The van der Waals surface area contributed by atoms with E-state index >= 15 is 0 Å². The molecule has 0 atom stereocenters. The fourth-order valence-electron chi connectivity index (χ4n) is 2.45. The number of hydrogen-bond acceptors (Lipinski definition) is 3. The van der Waals surface area contributed by atoms with Crippen LogP contribution in [0.5, 0.6) is 5.75 Å². The summed E-state index contributed by atoms with van der Waals surface area (Å²) in [4.78, 5) is -0.0932. The van der Waals surface area contributed by atoms with Crippen LogP contribution < -0.4 is 4.72 Å². The summed E-state index contributed by atoms with van der Waals surface area (Å²) < 4.78 is 28.0. The minimum Gasteiger partial charge on any atom is -0.506 e. The molecule has 3 rings (SSSR count). The van der Waals surface area contributed by atoms with Crippen molar-refractivity contribution >= 4 is 61.3 Å². The maximum atomic E-state index is 12.8. The topological polar surface area (TPSA) is 66.4 Å². The van der Waals surface area contributed by atoms with E-state index in [1.165, 1.54) is 18.2 Å². The second kappa shape index (κ2) is 6.57. The number of nitrogens with one attached hydrogen (secondary N) is 1. The van der Waals surface area contributed by atoms with Crippen LogP contribution in [0.1, 0.15) is 5.56 Å². The van der Waals surface area contributed by atoms with Gasteiger partial charge in [-0.3, -0.25) is 4.72 Å². The summed E-state index contributed by atoms with van der Waals surface area (Å²) in [5.74, 6) is -0.111. The van der Waals surface area contributed by atoms with Gasteiger partial charge in [-0.15, -0.1) is 0 Å². The zero-order valence-electron chi connectivity index (χ0n) is 12.8. The number of aromatic hydroxyl groups is 1. The second-order valence-corrected chi connectivity index (χ2v) is 8.31. The number of phenols is 1. The Balaban J connectivity index is 2.16. The number of rotatable bonds is 3. The molecule has 0 saturated carbocycles. The molecule has 0 fully saturated rings. The highest BCUT2D eigenvalue weighted by atomic mass is 35.5. The van der Waals surface area contributed by atoms with Gasteiger partial charge in [0.25, 0.3) is 10.0 Å². The van der Waals surface area contributed by atoms with Crippen LogP contribution >= 0.6 is 34.8 Å². The first-order chi connectivity index (χ1) is 11.7. The number of anilines is 1. The molecule has 0 spiro atoms. The standard InChI is InChI=1S/C17H12Cl3NO3S/c1-9-6-16(13(19)7-12(9)18)25(23,24)21-15-8-14(20)17(22)11-5-3-2-4-10(11)15/h2-8,21-22H,1H3. The molecule has 0 radical (unpaired) electrons. The predicted molar refractivity (Wildman–Crippen MR) is 103 cm³/mol. The first-order valence-corrected chi connectivity index (χ1v) is 9.71. The molecule has 0 aliphatic carbocycles. The van der Waals surface area contributed by atoms with Crippen molar-refractivity contribution in [3.63, 3.8) is 0 Å². The fourth-order valence-corrected chi connectivity index (χ4v) is 4.56. The van der Waals surface area contributed by atoms with Crippen molar-refractivity contribution in [2.24, 2.45) is 0 Å². The van der Waals surface area contributed by atoms with E-state index in [0.717, 1.165) is 0 Å². The van der Waals surface area contributed by atoms with Crippen molar-refractivity contribution in [1.82, 2.24) is 0 Å². The highest BCUT2D eigenvalue weighted by Gasteiger charge is 2.21. The summed E-state index contributed by atoms with van der Waals surface area (Å²) in [6, 6.07) is 10.9. The Morgan fingerprint density at radius 1 is 0.920 bits per heavy atom. The van der Waals surface area contributed by atoms with Crippen LogP contribution in [0.2, 0.25) is 15.1 Å². The molecule has 8 heteroatoms. The number of benzene rings is 3. The van der Waals surface area contributed by atoms with Gasteiger partial charge in [0.05, 0.1) is 15.7 Å². The first-order valence-electron chi connectivity index (χ1n) is 7.09. The molecular formula is C17H12Cl3NO3S. The lowest BCUT2D eigenvalue weighted by Gasteiger charge is -2.14. The molecule has 0 saturated heterocycles. The third-order valence-electron chi connectivity index (χ3n) is 3.72. The lowest BCUT2D eigenvalue weighted by Crippen LogP contribution is -2.14. The monoisotopic (exact) mass is 415 g/mol. The van der Waals surface area contributed by atoms with Gasteiger partial charge in [0.1, 0.15) is 10.6 Å². The van der Waals surface area contributed by atoms with E-state index < -0.39 is 10.0 Å². The van der Waals surface area contributed by atoms with Crippen LogP contribution in [0.25, 0.3) is 10.8 Å². The quantitative estimate of drug-likeness (QED) is 0.545. The van der Waals surface area contributed by atoms with Gasteiger partial charge in [-0.2, -0.15) is 0 Å². The highest BCUT2D eigenvalue weighted by molar-refractivity contribution is 7.92. The Morgan fingerprint density at radius 3 is 2.24 bits per heavy atom. The molecule has 3 aromatic rings. The van der Waals surface area contributed by atoms with Crippen LogP contribution in [-0.4, -0.2) is 13.5 Å². The predicted octanol–water partition coefficient (Wildman–Crippen LogP) is 5.61. The number of halogens is 3. The summed E-state index contributed by atoms with van der Waals surface area (Å²) >= 11 is 18.0. The van der Waals surface area contributed by atoms with Gasteiger partial charge in [0.2, 0.25) is 0 Å². The van der Waals surface area contributed by atoms with Gasteiger partial charge >= 0.3 is 0 Å². The average Bonchev–Trinajstić information content (AvgIpc) is 2.55. The Labute approximate surface area is 160 Å². The van der Waals surface area contributed by atoms with Crippen LogP contribution in [0.15, 0.2) is 47.4 Å². The highest BCUT2D eigenvalue weighted by Crippen LogP contribution is 2.38. The Bertz CT molecular complexity index is 1100. The average molecular weight is 417 g/mol. The maximum Gasteiger partial charge on any atom is 0.263 e. The lowest BCUT2D eigenvalue weighted by molar-refractivity contribution is 0.482. The van der Waals surface area contributed by atoms with E-state index in [-0.39, 0.29) is 26.4 Å². The molecule has 0 aromatic heterocycles. The summed E-state index contributed by atoms with van der Waals surface area (Å²) in [5.41, 5.74) is 0.821. The Morgan fingerprint density at radius 2 is 1.56 bits per heavy atom. The van der Waals surface area contributed by atoms with Crippen LogP contribution in [0.3, 0.4) is 0 Å². The van der Waals surface area contributed by atoms with E-state index in [0.29, 0.717) is 21.4 Å². The number of hydrogen-bond donors (Lipinski definition) is 2. The van der Waals surface area contributed by atoms with Crippen LogP contribution in [0.4, 0.5) is 5.69 Å². The van der Waals surface area contributed by atoms with Gasteiger partial charge in [-0.05, 0) is 30.7 Å². The largest absolute Gasteiger partial charge is 0.506 e. The molecule has 0 aliphatic heterocycles. The Hall–Kier alpha value is -1.66. The SMILES string of the molecule is Cc1cc(S(=O)(=O)Nc2cc(Cl)c(O)c3ccccc23)c(Cl)cc1Cl. The molecule has 4 nitrogen and oxygen atoms in total. The van der Waals surface area contributed by atoms with E-state index in [2.05, 4.69) is 4.72 Å². The lowest BCUT2D eigenvalue weighted by atomic mass is 10.1. The number of aryl methyl sites for hydroxylation is 1. The number of sulfonamides is 1. The maximum absolute atomic E-state index is 12.8.